The number of rotatable bonds is 3. The Bertz CT molecular complexity index is 895. The highest BCUT2D eigenvalue weighted by Crippen LogP contribution is 2.37. The average molecular weight is 416 g/mol. The van der Waals surface area contributed by atoms with Crippen LogP contribution < -0.4 is 5.32 Å². The minimum Gasteiger partial charge on any atom is -0.424 e. The number of halogens is 3. The molecule has 0 aliphatic carbocycles. The van der Waals surface area contributed by atoms with E-state index in [1.165, 1.54) is 24.3 Å². The quantitative estimate of drug-likeness (QED) is 0.372. The number of nitro benzene ring substituents is 1. The lowest BCUT2D eigenvalue weighted by atomic mass is 10.2. The Hall–Kier alpha value is -2.23. The van der Waals surface area contributed by atoms with E-state index in [-0.39, 0.29) is 22.3 Å². The van der Waals surface area contributed by atoms with Crippen molar-refractivity contribution in [2.24, 2.45) is 0 Å². The van der Waals surface area contributed by atoms with Crippen LogP contribution in [-0.4, -0.2) is 4.92 Å². The number of nitrogens with one attached hydrogen (secondary N) is 1. The number of benzene rings is 2. The van der Waals surface area contributed by atoms with Crippen molar-refractivity contribution in [3.05, 3.63) is 61.9 Å². The third-order valence-corrected chi connectivity index (χ3v) is 3.68. The van der Waals surface area contributed by atoms with Crippen LogP contribution in [0.1, 0.15) is 0 Å². The molecule has 8 heteroatoms. The molecule has 0 saturated carbocycles. The summed E-state index contributed by atoms with van der Waals surface area (Å²) in [5.74, 6) is -0.549. The molecule has 0 spiro atoms. The maximum atomic E-state index is 13.9. The zero-order valence-corrected chi connectivity index (χ0v) is 12.9. The van der Waals surface area contributed by atoms with Gasteiger partial charge in [0.15, 0.2) is 0 Å². The van der Waals surface area contributed by atoms with Crippen molar-refractivity contribution < 1.29 is 18.1 Å². The molecule has 112 valence electrons. The molecule has 0 radical (unpaired) electrons. The highest BCUT2D eigenvalue weighted by atomic mass is 127. The molecule has 0 atom stereocenters. The highest BCUT2D eigenvalue weighted by molar-refractivity contribution is 14.1. The normalized spacial score (nSPS) is 10.9. The largest absolute Gasteiger partial charge is 0.424 e. The lowest BCUT2D eigenvalue weighted by Gasteiger charge is -2.08. The smallest absolute Gasteiger partial charge is 0.335 e. The zero-order chi connectivity index (χ0) is 15.9. The van der Waals surface area contributed by atoms with E-state index in [4.69, 9.17) is 4.42 Å². The molecule has 1 aromatic heterocycles. The fourth-order valence-electron chi connectivity index (χ4n) is 2.07. The molecule has 5 nitrogen and oxygen atoms in total. The molecule has 3 aromatic rings. The van der Waals surface area contributed by atoms with Crippen LogP contribution >= 0.6 is 22.6 Å². The van der Waals surface area contributed by atoms with E-state index >= 15 is 0 Å². The molecular formula is C14H7F2IN2O3. The molecule has 1 N–H and O–H groups in total. The SMILES string of the molecule is O=[N+]([O-])c1c(Nc2ccc(I)cc2F)ccc2cc(F)oc12. The van der Waals surface area contributed by atoms with Gasteiger partial charge >= 0.3 is 5.69 Å². The van der Waals surface area contributed by atoms with Crippen molar-refractivity contribution in [3.63, 3.8) is 0 Å². The number of nitrogens with zero attached hydrogens (tertiary/aromatic N) is 1. The summed E-state index contributed by atoms with van der Waals surface area (Å²) >= 11 is 1.95. The number of furan rings is 1. The minimum absolute atomic E-state index is 0.0203. The van der Waals surface area contributed by atoms with E-state index in [2.05, 4.69) is 5.32 Å². The van der Waals surface area contributed by atoms with Gasteiger partial charge in [-0.1, -0.05) is 0 Å². The third kappa shape index (κ3) is 2.61. The van der Waals surface area contributed by atoms with Crippen LogP contribution in [0.4, 0.5) is 25.8 Å². The van der Waals surface area contributed by atoms with E-state index in [0.717, 1.165) is 6.07 Å². The van der Waals surface area contributed by atoms with Gasteiger partial charge in [-0.15, -0.1) is 0 Å². The summed E-state index contributed by atoms with van der Waals surface area (Å²) in [5.41, 5.74) is -0.542. The Morgan fingerprint density at radius 2 is 1.86 bits per heavy atom. The molecular weight excluding hydrogens is 409 g/mol. The lowest BCUT2D eigenvalue weighted by Crippen LogP contribution is -1.99. The Balaban J connectivity index is 2.13. The van der Waals surface area contributed by atoms with Crippen LogP contribution in [0.3, 0.4) is 0 Å². The molecule has 0 saturated heterocycles. The van der Waals surface area contributed by atoms with Gasteiger partial charge in [0.25, 0.3) is 6.01 Å². The molecule has 0 aliphatic rings. The van der Waals surface area contributed by atoms with Crippen molar-refractivity contribution in [2.75, 3.05) is 5.32 Å². The number of nitro groups is 1. The molecule has 22 heavy (non-hydrogen) atoms. The number of hydrogen-bond donors (Lipinski definition) is 1. The molecule has 0 fully saturated rings. The maximum absolute atomic E-state index is 13.9. The fraction of sp³-hybridized carbons (Fsp3) is 0. The molecule has 0 aliphatic heterocycles. The van der Waals surface area contributed by atoms with Crippen molar-refractivity contribution in [3.8, 4) is 0 Å². The Morgan fingerprint density at radius 3 is 2.55 bits per heavy atom. The van der Waals surface area contributed by atoms with Gasteiger partial charge in [0, 0.05) is 15.0 Å². The maximum Gasteiger partial charge on any atom is 0.335 e. The van der Waals surface area contributed by atoms with Gasteiger partial charge in [-0.3, -0.25) is 10.1 Å². The van der Waals surface area contributed by atoms with Crippen molar-refractivity contribution in [2.45, 2.75) is 0 Å². The van der Waals surface area contributed by atoms with Crippen LogP contribution in [0, 0.1) is 25.5 Å². The molecule has 0 bridgehead atoms. The summed E-state index contributed by atoms with van der Waals surface area (Å²) in [7, 11) is 0. The number of fused-ring (bicyclic) bond motifs is 1. The van der Waals surface area contributed by atoms with Crippen LogP contribution in [0.25, 0.3) is 11.0 Å². The Kier molecular flexibility index (Phi) is 3.69. The average Bonchev–Trinajstić information content (AvgIpc) is 2.81. The third-order valence-electron chi connectivity index (χ3n) is 3.01. The molecule has 2 aromatic carbocycles. The molecule has 3 rings (SSSR count). The summed E-state index contributed by atoms with van der Waals surface area (Å²) < 4.78 is 32.5. The Labute approximate surface area is 136 Å². The van der Waals surface area contributed by atoms with E-state index in [1.54, 1.807) is 6.07 Å². The van der Waals surface area contributed by atoms with Gasteiger partial charge in [-0.2, -0.15) is 4.39 Å². The summed E-state index contributed by atoms with van der Waals surface area (Å²) in [4.78, 5) is 10.6. The predicted octanol–water partition coefficient (Wildman–Crippen LogP) is 4.97. The molecule has 0 amide bonds. The standard InChI is InChI=1S/C14H7F2IN2O3/c15-9-6-8(17)2-4-10(9)18-11-3-1-7-5-12(16)22-14(7)13(11)19(20)21/h1-6,18H. The van der Waals surface area contributed by atoms with Crippen LogP contribution in [0.15, 0.2) is 40.8 Å². The monoisotopic (exact) mass is 416 g/mol. The van der Waals surface area contributed by atoms with Gasteiger partial charge in [0.05, 0.1) is 10.6 Å². The van der Waals surface area contributed by atoms with Crippen molar-refractivity contribution in [1.29, 1.82) is 0 Å². The van der Waals surface area contributed by atoms with E-state index in [0.29, 0.717) is 3.57 Å². The first-order valence-electron chi connectivity index (χ1n) is 6.04. The van der Waals surface area contributed by atoms with Crippen molar-refractivity contribution in [1.82, 2.24) is 0 Å². The first-order valence-corrected chi connectivity index (χ1v) is 7.12. The van der Waals surface area contributed by atoms with E-state index < -0.39 is 22.4 Å². The van der Waals surface area contributed by atoms with E-state index in [9.17, 15) is 18.9 Å². The van der Waals surface area contributed by atoms with Gasteiger partial charge in [-0.25, -0.2) is 4.39 Å². The second-order valence-electron chi connectivity index (χ2n) is 4.44. The van der Waals surface area contributed by atoms with E-state index in [1.807, 2.05) is 22.6 Å². The molecule has 0 unspecified atom stereocenters. The van der Waals surface area contributed by atoms with Crippen molar-refractivity contribution >= 4 is 50.6 Å². The van der Waals surface area contributed by atoms with Gasteiger partial charge in [-0.05, 0) is 52.9 Å². The number of hydrogen-bond acceptors (Lipinski definition) is 4. The topological polar surface area (TPSA) is 68.3 Å². The fourth-order valence-corrected chi connectivity index (χ4v) is 2.53. The summed E-state index contributed by atoms with van der Waals surface area (Å²) in [6, 6.07) is 7.39. The van der Waals surface area contributed by atoms with Gasteiger partial charge in [0.2, 0.25) is 5.58 Å². The second-order valence-corrected chi connectivity index (χ2v) is 5.68. The highest BCUT2D eigenvalue weighted by Gasteiger charge is 2.23. The minimum atomic E-state index is -0.921. The zero-order valence-electron chi connectivity index (χ0n) is 10.8. The first-order chi connectivity index (χ1) is 10.5. The van der Waals surface area contributed by atoms with Gasteiger partial charge in [0.1, 0.15) is 11.5 Å². The number of anilines is 2. The lowest BCUT2D eigenvalue weighted by molar-refractivity contribution is -0.382. The van der Waals surface area contributed by atoms with Crippen LogP contribution in [0.5, 0.6) is 0 Å². The summed E-state index contributed by atoms with van der Waals surface area (Å²) in [6.07, 6.45) is 0. The Morgan fingerprint density at radius 1 is 1.14 bits per heavy atom. The van der Waals surface area contributed by atoms with Crippen LogP contribution in [0.2, 0.25) is 0 Å². The first kappa shape index (κ1) is 14.7. The summed E-state index contributed by atoms with van der Waals surface area (Å²) in [5, 5.41) is 14.2. The second kappa shape index (κ2) is 5.52. The predicted molar refractivity (Wildman–Crippen MR) is 85.2 cm³/mol. The van der Waals surface area contributed by atoms with Crippen LogP contribution in [-0.2, 0) is 0 Å². The summed E-state index contributed by atoms with van der Waals surface area (Å²) in [6.45, 7) is 0. The molecule has 1 heterocycles. The van der Waals surface area contributed by atoms with Gasteiger partial charge < -0.3 is 9.73 Å².